The lowest BCUT2D eigenvalue weighted by Crippen LogP contribution is -1.96. The third kappa shape index (κ3) is 5.16. The van der Waals surface area contributed by atoms with Crippen LogP contribution in [0.5, 0.6) is 0 Å². The van der Waals surface area contributed by atoms with Gasteiger partial charge >= 0.3 is 0 Å². The molecule has 158 valence electrons. The number of halogens is 2. The molecule has 1 aromatic heterocycles. The molecule has 0 amide bonds. The number of hydrogen-bond donors (Lipinski definition) is 0. The highest BCUT2D eigenvalue weighted by atomic mass is 19.1. The van der Waals surface area contributed by atoms with Crippen LogP contribution >= 0.6 is 0 Å². The van der Waals surface area contributed by atoms with E-state index in [1.807, 2.05) is 36.5 Å². The zero-order valence-electron chi connectivity index (χ0n) is 17.9. The monoisotopic (exact) mass is 415 g/mol. The summed E-state index contributed by atoms with van der Waals surface area (Å²) >= 11 is 0. The van der Waals surface area contributed by atoms with Crippen molar-refractivity contribution in [2.24, 2.45) is 0 Å². The van der Waals surface area contributed by atoms with Crippen LogP contribution in [0.1, 0.15) is 42.9 Å². The molecule has 1 heterocycles. The van der Waals surface area contributed by atoms with Crippen LogP contribution in [-0.4, -0.2) is 4.98 Å². The molecule has 4 aromatic rings. The molecule has 0 saturated heterocycles. The summed E-state index contributed by atoms with van der Waals surface area (Å²) in [6, 6.07) is 20.2. The first-order valence-corrected chi connectivity index (χ1v) is 11.0. The standard InChI is InChI=1S/C28H27F2N/c1-2-3-4-5-21-9-17-27(31-19-21)24-13-16-26-23(18-24)12-11-22(28(26)30)10-6-20-7-14-25(29)15-8-20/h7-9,11-19H,2-6,10H2,1H3. The van der Waals surface area contributed by atoms with Crippen LogP contribution in [0.25, 0.3) is 22.0 Å². The predicted octanol–water partition coefficient (Wildman–Crippen LogP) is 7.70. The Labute approximate surface area is 182 Å². The van der Waals surface area contributed by atoms with Gasteiger partial charge in [-0.1, -0.05) is 62.2 Å². The minimum absolute atomic E-state index is 0.176. The number of hydrogen-bond acceptors (Lipinski definition) is 1. The van der Waals surface area contributed by atoms with Crippen molar-refractivity contribution in [2.75, 3.05) is 0 Å². The van der Waals surface area contributed by atoms with Crippen LogP contribution in [0.4, 0.5) is 8.78 Å². The molecule has 0 aliphatic rings. The van der Waals surface area contributed by atoms with Crippen LogP contribution in [-0.2, 0) is 19.3 Å². The molecule has 0 spiro atoms. The van der Waals surface area contributed by atoms with Crippen molar-refractivity contribution in [1.82, 2.24) is 4.98 Å². The van der Waals surface area contributed by atoms with Crippen LogP contribution in [0.15, 0.2) is 72.9 Å². The molecule has 0 N–H and O–H groups in total. The highest BCUT2D eigenvalue weighted by Gasteiger charge is 2.10. The summed E-state index contributed by atoms with van der Waals surface area (Å²) in [5.41, 5.74) is 4.84. The third-order valence-electron chi connectivity index (χ3n) is 5.82. The predicted molar refractivity (Wildman–Crippen MR) is 124 cm³/mol. The second kappa shape index (κ2) is 9.82. The molecule has 0 radical (unpaired) electrons. The first kappa shape index (κ1) is 21.2. The first-order valence-electron chi connectivity index (χ1n) is 11.0. The number of fused-ring (bicyclic) bond motifs is 1. The van der Waals surface area contributed by atoms with Crippen molar-refractivity contribution in [1.29, 1.82) is 0 Å². The Morgan fingerprint density at radius 2 is 1.55 bits per heavy atom. The molecule has 0 bridgehead atoms. The van der Waals surface area contributed by atoms with E-state index in [4.69, 9.17) is 0 Å². The Morgan fingerprint density at radius 3 is 2.29 bits per heavy atom. The highest BCUT2D eigenvalue weighted by Crippen LogP contribution is 2.27. The van der Waals surface area contributed by atoms with Gasteiger partial charge in [-0.25, -0.2) is 8.78 Å². The average molecular weight is 416 g/mol. The molecule has 0 atom stereocenters. The van der Waals surface area contributed by atoms with Gasteiger partial charge in [0.15, 0.2) is 0 Å². The van der Waals surface area contributed by atoms with E-state index in [1.165, 1.54) is 37.0 Å². The van der Waals surface area contributed by atoms with E-state index in [0.29, 0.717) is 23.8 Å². The van der Waals surface area contributed by atoms with Crippen molar-refractivity contribution in [3.8, 4) is 11.3 Å². The van der Waals surface area contributed by atoms with Gasteiger partial charge in [0.2, 0.25) is 0 Å². The molecule has 0 aliphatic heterocycles. The maximum atomic E-state index is 15.1. The topological polar surface area (TPSA) is 12.9 Å². The van der Waals surface area contributed by atoms with E-state index in [-0.39, 0.29) is 11.6 Å². The van der Waals surface area contributed by atoms with Crippen molar-refractivity contribution in [2.45, 2.75) is 45.4 Å². The minimum atomic E-state index is -0.253. The molecule has 31 heavy (non-hydrogen) atoms. The molecule has 0 fully saturated rings. The zero-order valence-corrected chi connectivity index (χ0v) is 17.9. The molecule has 0 saturated carbocycles. The van der Waals surface area contributed by atoms with E-state index in [2.05, 4.69) is 24.0 Å². The number of unbranched alkanes of at least 4 members (excludes halogenated alkanes) is 2. The molecule has 0 aliphatic carbocycles. The van der Waals surface area contributed by atoms with E-state index in [9.17, 15) is 4.39 Å². The molecule has 0 unspecified atom stereocenters. The maximum absolute atomic E-state index is 15.1. The van der Waals surface area contributed by atoms with Gasteiger partial charge in [-0.3, -0.25) is 4.98 Å². The molecular formula is C28H27F2N. The van der Waals surface area contributed by atoms with E-state index < -0.39 is 0 Å². The summed E-state index contributed by atoms with van der Waals surface area (Å²) in [4.78, 5) is 4.62. The van der Waals surface area contributed by atoms with Crippen LogP contribution < -0.4 is 0 Å². The number of nitrogens with zero attached hydrogens (tertiary/aromatic N) is 1. The van der Waals surface area contributed by atoms with Gasteiger partial charge in [-0.15, -0.1) is 0 Å². The zero-order chi connectivity index (χ0) is 21.6. The fraction of sp³-hybridized carbons (Fsp3) is 0.250. The van der Waals surface area contributed by atoms with Crippen molar-refractivity contribution in [3.05, 3.63) is 101 Å². The molecular weight excluding hydrogens is 388 g/mol. The lowest BCUT2D eigenvalue weighted by atomic mass is 9.98. The highest BCUT2D eigenvalue weighted by molar-refractivity contribution is 5.88. The number of aryl methyl sites for hydroxylation is 3. The smallest absolute Gasteiger partial charge is 0.134 e. The Morgan fingerprint density at radius 1 is 0.742 bits per heavy atom. The fourth-order valence-corrected chi connectivity index (χ4v) is 3.94. The molecule has 3 aromatic carbocycles. The fourth-order valence-electron chi connectivity index (χ4n) is 3.94. The number of aromatic nitrogens is 1. The normalized spacial score (nSPS) is 11.2. The largest absolute Gasteiger partial charge is 0.256 e. The Balaban J connectivity index is 1.50. The number of benzene rings is 3. The van der Waals surface area contributed by atoms with Gasteiger partial charge in [0, 0.05) is 17.1 Å². The van der Waals surface area contributed by atoms with Crippen LogP contribution in [0, 0.1) is 11.6 Å². The molecule has 1 nitrogen and oxygen atoms in total. The Hall–Kier alpha value is -3.07. The lowest BCUT2D eigenvalue weighted by molar-refractivity contribution is 0.619. The first-order chi connectivity index (χ1) is 15.1. The summed E-state index contributed by atoms with van der Waals surface area (Å²) in [7, 11) is 0. The molecule has 4 rings (SSSR count). The Bertz CT molecular complexity index is 1150. The quantitative estimate of drug-likeness (QED) is 0.269. The van der Waals surface area contributed by atoms with Gasteiger partial charge in [0.1, 0.15) is 11.6 Å². The number of pyridine rings is 1. The van der Waals surface area contributed by atoms with Crippen LogP contribution in [0.2, 0.25) is 0 Å². The van der Waals surface area contributed by atoms with E-state index in [1.54, 1.807) is 12.1 Å². The minimum Gasteiger partial charge on any atom is -0.256 e. The average Bonchev–Trinajstić information content (AvgIpc) is 2.80. The van der Waals surface area contributed by atoms with Crippen molar-refractivity contribution >= 4 is 10.8 Å². The lowest BCUT2D eigenvalue weighted by Gasteiger charge is -2.09. The second-order valence-corrected chi connectivity index (χ2v) is 8.11. The maximum Gasteiger partial charge on any atom is 0.134 e. The third-order valence-corrected chi connectivity index (χ3v) is 5.82. The van der Waals surface area contributed by atoms with Gasteiger partial charge in [-0.2, -0.15) is 0 Å². The number of rotatable bonds is 8. The van der Waals surface area contributed by atoms with E-state index >= 15 is 4.39 Å². The SMILES string of the molecule is CCCCCc1ccc(-c2ccc3c(F)c(CCc4ccc(F)cc4)ccc3c2)nc1. The van der Waals surface area contributed by atoms with E-state index in [0.717, 1.165) is 28.6 Å². The summed E-state index contributed by atoms with van der Waals surface area (Å²) < 4.78 is 28.2. The summed E-state index contributed by atoms with van der Waals surface area (Å²) in [6.45, 7) is 2.21. The van der Waals surface area contributed by atoms with Gasteiger partial charge in [0.05, 0.1) is 5.69 Å². The molecule has 3 heteroatoms. The Kier molecular flexibility index (Phi) is 6.71. The van der Waals surface area contributed by atoms with Crippen molar-refractivity contribution < 1.29 is 8.78 Å². The van der Waals surface area contributed by atoms with Gasteiger partial charge in [-0.05, 0) is 72.0 Å². The summed E-state index contributed by atoms with van der Waals surface area (Å²) in [5, 5.41) is 1.49. The van der Waals surface area contributed by atoms with Gasteiger partial charge < -0.3 is 0 Å². The summed E-state index contributed by atoms with van der Waals surface area (Å²) in [6.07, 6.45) is 7.91. The van der Waals surface area contributed by atoms with Gasteiger partial charge in [0.25, 0.3) is 0 Å². The van der Waals surface area contributed by atoms with Crippen molar-refractivity contribution in [3.63, 3.8) is 0 Å². The van der Waals surface area contributed by atoms with Crippen LogP contribution in [0.3, 0.4) is 0 Å². The second-order valence-electron chi connectivity index (χ2n) is 8.11. The summed E-state index contributed by atoms with van der Waals surface area (Å²) in [5.74, 6) is -0.428.